The van der Waals surface area contributed by atoms with Crippen molar-refractivity contribution in [3.05, 3.63) is 263 Å². The zero-order chi connectivity index (χ0) is 99.3. The van der Waals surface area contributed by atoms with Gasteiger partial charge in [0.15, 0.2) is 0 Å². The lowest BCUT2D eigenvalue weighted by Crippen LogP contribution is -2.51. The molecular weight excluding hydrogens is 1790 g/mol. The van der Waals surface area contributed by atoms with Crippen LogP contribution in [0.1, 0.15) is 220 Å². The fourth-order valence-electron chi connectivity index (χ4n) is 20.4. The van der Waals surface area contributed by atoms with Crippen LogP contribution in [0.25, 0.3) is 89.5 Å². The molecule has 0 bridgehead atoms. The molecule has 0 spiro atoms. The molecule has 7 N–H and O–H groups in total. The molecule has 4 saturated heterocycles. The van der Waals surface area contributed by atoms with E-state index in [1.165, 1.54) is 26.4 Å². The Balaban J connectivity index is 0.000000176. The van der Waals surface area contributed by atoms with Gasteiger partial charge in [0.25, 0.3) is 11.8 Å². The van der Waals surface area contributed by atoms with Crippen LogP contribution in [0.3, 0.4) is 0 Å². The van der Waals surface area contributed by atoms with Crippen LogP contribution in [-0.4, -0.2) is 201 Å². The van der Waals surface area contributed by atoms with E-state index in [9.17, 15) is 38.7 Å². The number of H-pyrrole nitrogens is 4. The minimum Gasteiger partial charge on any atom is -0.480 e. The molecule has 18 rings (SSSR count). The molecule has 4 aromatic heterocycles. The highest BCUT2D eigenvalue weighted by Crippen LogP contribution is 2.55. The lowest BCUT2D eigenvalue weighted by atomic mass is 9.97. The maximum Gasteiger partial charge on any atom is 0.410 e. The van der Waals surface area contributed by atoms with Crippen LogP contribution in [0.4, 0.5) is 31.9 Å². The largest absolute Gasteiger partial charge is 0.480 e. The van der Waals surface area contributed by atoms with Crippen molar-refractivity contribution in [1.82, 2.24) is 79.9 Å². The topological polar surface area (TPSA) is 326 Å². The van der Waals surface area contributed by atoms with Gasteiger partial charge in [-0.3, -0.25) is 33.9 Å². The lowest BCUT2D eigenvalue weighted by Gasteiger charge is -2.34. The monoisotopic (exact) mass is 1910 g/mol. The van der Waals surface area contributed by atoms with E-state index in [4.69, 9.17) is 19.2 Å². The predicted molar refractivity (Wildman–Crippen MR) is 527 cm³/mol. The fourth-order valence-corrected chi connectivity index (χ4v) is 20.4. The molecule has 4 aliphatic heterocycles. The summed E-state index contributed by atoms with van der Waals surface area (Å²) in [6, 6.07) is 51.9. The van der Waals surface area contributed by atoms with Crippen molar-refractivity contribution in [2.45, 2.75) is 193 Å². The molecule has 12 aromatic rings. The summed E-state index contributed by atoms with van der Waals surface area (Å²) in [5, 5.41) is 14.5. The minimum absolute atomic E-state index is 0.0497. The maximum absolute atomic E-state index is 16.5. The molecule has 27 nitrogen and oxygen atoms in total. The number of aromatic nitrogens is 8. The maximum atomic E-state index is 16.5. The summed E-state index contributed by atoms with van der Waals surface area (Å²) in [5.41, 5.74) is 11.5. The van der Waals surface area contributed by atoms with Crippen molar-refractivity contribution in [2.75, 3.05) is 66.6 Å². The number of carbonyl (C=O) groups excluding carboxylic acids is 6. The predicted octanol–water partition coefficient (Wildman–Crippen LogP) is 21.6. The Kier molecular flexibility index (Phi) is 29.6. The number of methoxy groups -OCH3 is 2. The number of likely N-dealkylation sites (tertiary alicyclic amines) is 4. The number of imidazole rings is 4. The highest BCUT2D eigenvalue weighted by molar-refractivity contribution is 5.90. The molecule has 0 radical (unpaired) electrons. The Hall–Kier alpha value is -14.1. The van der Waals surface area contributed by atoms with Crippen molar-refractivity contribution in [2.24, 2.45) is 11.8 Å². The van der Waals surface area contributed by atoms with E-state index in [-0.39, 0.29) is 88.1 Å². The zero-order valence-electron chi connectivity index (χ0n) is 81.2. The number of amides is 6. The normalized spacial score (nSPS) is 17.9. The molecule has 31 heteroatoms. The Morgan fingerprint density at radius 1 is 0.407 bits per heavy atom. The van der Waals surface area contributed by atoms with Gasteiger partial charge in [0, 0.05) is 59.6 Å². The van der Waals surface area contributed by atoms with Gasteiger partial charge in [-0.25, -0.2) is 34.3 Å². The Morgan fingerprint density at radius 3 is 1.01 bits per heavy atom. The van der Waals surface area contributed by atoms with Crippen molar-refractivity contribution in [3.63, 3.8) is 0 Å². The molecule has 8 atom stereocenters. The molecule has 140 heavy (non-hydrogen) atoms. The Labute approximate surface area is 812 Å². The third-order valence-electron chi connectivity index (χ3n) is 27.7. The number of alkyl carbamates (subject to hydrolysis) is 2. The van der Waals surface area contributed by atoms with Crippen LogP contribution in [0.5, 0.6) is 0 Å². The van der Waals surface area contributed by atoms with Crippen molar-refractivity contribution >= 4 is 42.0 Å². The molecule has 3 unspecified atom stereocenters. The van der Waals surface area contributed by atoms with Crippen LogP contribution in [0, 0.1) is 11.8 Å². The van der Waals surface area contributed by atoms with Crippen LogP contribution >= 0.6 is 0 Å². The molecule has 8 heterocycles. The van der Waals surface area contributed by atoms with Gasteiger partial charge < -0.3 is 64.6 Å². The second-order valence-electron chi connectivity index (χ2n) is 38.1. The zero-order valence-corrected chi connectivity index (χ0v) is 81.2. The number of halogens is 4. The third-order valence-corrected chi connectivity index (χ3v) is 27.7. The van der Waals surface area contributed by atoms with Crippen molar-refractivity contribution in [3.8, 4) is 89.5 Å². The summed E-state index contributed by atoms with van der Waals surface area (Å²) < 4.78 is 80.9. The van der Waals surface area contributed by atoms with Crippen LogP contribution in [0.15, 0.2) is 207 Å². The van der Waals surface area contributed by atoms with E-state index in [2.05, 4.69) is 64.3 Å². The highest BCUT2D eigenvalue weighted by atomic mass is 19.3. The second kappa shape index (κ2) is 41.9. The number of carboxylic acids is 1. The SMILES string of the molecule is CCN(CC)C(C(=O)N1CCC[C@H]1c1ncc(-c2ccc(-c3ccc4c(c3)C(F)(F)c3cc(-c5cnc([C@@H]6CCCN6C(=O)[C@@H](NC(=O)OC)C(C)C)[nH]5)ccc3-4)cc2)[nH]1)c1ccccc1.CCN(CC)C(C(=O)O)c1ccccc1.COC(=O)NC(C(=O)N1CCC[C@H]1c1ncc(-c2ccc3c(c2)C(F)(F)c2cc(-c4ccc(-c5cnc([C@@H]6CCCN6C(=O)OC(C)(C)C)[nH]5)cc4)ccc2-3)[nH]1)C(C)C. The summed E-state index contributed by atoms with van der Waals surface area (Å²) in [6.45, 7) is 26.4. The summed E-state index contributed by atoms with van der Waals surface area (Å²) in [7, 11) is 2.51. The van der Waals surface area contributed by atoms with Gasteiger partial charge in [-0.15, -0.1) is 0 Å². The van der Waals surface area contributed by atoms with Gasteiger partial charge in [0.2, 0.25) is 17.7 Å². The van der Waals surface area contributed by atoms with E-state index in [0.29, 0.717) is 112 Å². The summed E-state index contributed by atoms with van der Waals surface area (Å²) in [4.78, 5) is 133. The first kappa shape index (κ1) is 99.0. The number of nitrogens with zero attached hydrogens (tertiary/aromatic N) is 10. The minimum atomic E-state index is -3.25. The van der Waals surface area contributed by atoms with Gasteiger partial charge in [-0.2, -0.15) is 17.6 Å². The first-order chi connectivity index (χ1) is 67.2. The Bertz CT molecular complexity index is 6460. The smallest absolute Gasteiger partial charge is 0.410 e. The summed E-state index contributed by atoms with van der Waals surface area (Å²) in [6.07, 6.45) is 11.3. The molecule has 732 valence electrons. The highest BCUT2D eigenvalue weighted by Gasteiger charge is 2.49. The number of carboxylic acid groups (broad SMARTS) is 1. The molecule has 8 aromatic carbocycles. The first-order valence-corrected chi connectivity index (χ1v) is 48.4. The van der Waals surface area contributed by atoms with Crippen LogP contribution in [0.2, 0.25) is 0 Å². The number of fused-ring (bicyclic) bond motifs is 6. The van der Waals surface area contributed by atoms with Gasteiger partial charge in [0.05, 0.1) is 86.0 Å². The van der Waals surface area contributed by atoms with Crippen LogP contribution in [-0.2, 0) is 45.2 Å². The quantitative estimate of drug-likeness (QED) is 0.0196. The van der Waals surface area contributed by atoms with Gasteiger partial charge in [-0.1, -0.05) is 213 Å². The number of aromatic amines is 4. The third kappa shape index (κ3) is 20.4. The second-order valence-corrected chi connectivity index (χ2v) is 38.1. The number of benzene rings is 8. The number of hydrogen-bond acceptors (Lipinski definition) is 16. The van der Waals surface area contributed by atoms with Gasteiger partial charge in [-0.05, 0) is 201 Å². The summed E-state index contributed by atoms with van der Waals surface area (Å²) in [5.74, 6) is -5.42. The molecular formula is C109H122F4N16O11. The molecule has 6 aliphatic rings. The van der Waals surface area contributed by atoms with Crippen molar-refractivity contribution < 1.29 is 70.4 Å². The van der Waals surface area contributed by atoms with Crippen molar-refractivity contribution in [1.29, 1.82) is 0 Å². The number of ether oxygens (including phenoxy) is 3. The lowest BCUT2D eigenvalue weighted by molar-refractivity contribution is -0.143. The molecule has 6 amide bonds. The number of aliphatic carboxylic acids is 1. The van der Waals surface area contributed by atoms with Gasteiger partial charge >= 0.3 is 24.2 Å². The molecule has 0 saturated carbocycles. The number of rotatable bonds is 26. The van der Waals surface area contributed by atoms with E-state index in [0.717, 1.165) is 115 Å². The van der Waals surface area contributed by atoms with Crippen LogP contribution < -0.4 is 10.6 Å². The Morgan fingerprint density at radius 2 is 0.693 bits per heavy atom. The van der Waals surface area contributed by atoms with E-state index >= 15 is 17.6 Å². The van der Waals surface area contributed by atoms with E-state index < -0.39 is 53.7 Å². The fraction of sp³-hybridized carbons (Fsp3) is 0.385. The number of nitrogens with one attached hydrogen (secondary N) is 6. The number of carbonyl (C=O) groups is 7. The first-order valence-electron chi connectivity index (χ1n) is 48.4. The number of alkyl halides is 4. The number of likely N-dealkylation sites (N-methyl/N-ethyl adjacent to an activating group) is 2. The molecule has 2 aliphatic carbocycles. The van der Waals surface area contributed by atoms with E-state index in [1.807, 2.05) is 206 Å². The standard InChI is InChI=1S/C52H56F2N8O4.C45H49F2N7O5.C12H17NO2/c1-6-60(7-2)46(34-13-9-8-10-14-34)50(64)62-26-12-16-44(62)48-55-29-41(57-48)33-19-17-32(18-20-33)35-21-23-37-38-24-22-36(28-40(38)52(53,54)39(37)27-35)42-30-56-47(58-42)43-15-11-25-61(43)49(63)45(31(3)4)59-51(65)66-5;1-25(2)38(52-42(56)58-6)41(55)53-19-7-9-36(53)39-49-24-35(51-39)29-16-18-31-30-17-15-28(21-32(30)45(46,47)33(31)22-29)26-11-13-27(14-12-26)34-23-48-40(50-34)37-10-8-20-54(37)43(57)59-44(3,4)5;1-3-13(4-2)11(12(14)15)10-8-6-5-7-9-10/h8-10,13-14,17-24,27-31,43-46H,6-7,11-12,15-16,25-26H2,1-5H3,(H,55,57)(H,56,58)(H,59,65);11-18,21-25,36-38H,7-10,19-20H2,1-6H3,(H,48,50)(H,49,51)(H,52,56);5-9,11H,3-4H2,1-2H3,(H,14,15)/t43-,44-,45-,46?;36-,37-,38?;/m00./s1. The number of hydrogen-bond donors (Lipinski definition) is 7. The summed E-state index contributed by atoms with van der Waals surface area (Å²) >= 11 is 0. The van der Waals surface area contributed by atoms with E-state index in [1.54, 1.807) is 75.9 Å². The average Bonchev–Trinajstić information content (AvgIpc) is 1.57. The molecule has 4 fully saturated rings. The van der Waals surface area contributed by atoms with Gasteiger partial charge in [0.1, 0.15) is 53.1 Å². The average molecular weight is 1910 g/mol.